The monoisotopic (exact) mass is 361 g/mol. The first-order valence-electron chi connectivity index (χ1n) is 7.91. The van der Waals surface area contributed by atoms with Crippen LogP contribution in [0, 0.1) is 17.5 Å². The summed E-state index contributed by atoms with van der Waals surface area (Å²) in [6.07, 6.45) is 1.54. The quantitative estimate of drug-likeness (QED) is 0.663. The number of nitrogens with one attached hydrogen (secondary N) is 1. The van der Waals surface area contributed by atoms with Crippen LogP contribution in [-0.4, -0.2) is 12.5 Å². The molecule has 1 heterocycles. The molecule has 2 aromatic carbocycles. The molecule has 7 heteroatoms. The fourth-order valence-corrected chi connectivity index (χ4v) is 2.59. The van der Waals surface area contributed by atoms with Crippen molar-refractivity contribution in [3.63, 3.8) is 0 Å². The van der Waals surface area contributed by atoms with E-state index in [0.717, 1.165) is 17.7 Å². The summed E-state index contributed by atoms with van der Waals surface area (Å²) in [5, 5.41) is 3.96. The lowest BCUT2D eigenvalue weighted by molar-refractivity contribution is -0.678. The smallest absolute Gasteiger partial charge is 0.279 e. The number of amides is 1. The molecule has 0 saturated carbocycles. The van der Waals surface area contributed by atoms with E-state index in [1.807, 2.05) is 30.3 Å². The number of hydrogen-bond acceptors (Lipinski definition) is 2. The summed E-state index contributed by atoms with van der Waals surface area (Å²) in [4.78, 5) is 12.1. The molecule has 4 nitrogen and oxygen atoms in total. The summed E-state index contributed by atoms with van der Waals surface area (Å²) in [5.74, 6) is -4.26. The predicted molar refractivity (Wildman–Crippen MR) is 88.7 cm³/mol. The van der Waals surface area contributed by atoms with E-state index >= 15 is 0 Å². The Hall–Kier alpha value is -3.06. The van der Waals surface area contributed by atoms with Crippen LogP contribution in [-0.2, 0) is 4.79 Å². The molecule has 3 rings (SSSR count). The number of nitrogens with two attached hydrogens (primary N) is 1. The van der Waals surface area contributed by atoms with Crippen LogP contribution in [0.3, 0.4) is 0 Å². The van der Waals surface area contributed by atoms with Crippen LogP contribution in [0.25, 0.3) is 0 Å². The zero-order valence-corrected chi connectivity index (χ0v) is 13.6. The Kier molecular flexibility index (Phi) is 5.38. The highest BCUT2D eigenvalue weighted by Gasteiger charge is 2.22. The Morgan fingerprint density at radius 3 is 2.46 bits per heavy atom. The van der Waals surface area contributed by atoms with Crippen LogP contribution in [0.4, 0.5) is 18.9 Å². The SMILES string of the molecule is O=C(C[NH2+][C@H](c1ccccc1)c1ccco1)Nc1ccc(F)c(F)c1F. The summed E-state index contributed by atoms with van der Waals surface area (Å²) < 4.78 is 45.3. The molecule has 26 heavy (non-hydrogen) atoms. The van der Waals surface area contributed by atoms with Crippen molar-refractivity contribution in [3.05, 3.63) is 89.6 Å². The van der Waals surface area contributed by atoms with Crippen molar-refractivity contribution in [3.8, 4) is 0 Å². The third kappa shape index (κ3) is 3.94. The number of anilines is 1. The standard InChI is InChI=1S/C19H15F3N2O2/c20-13-8-9-14(18(22)17(13)21)24-16(25)11-23-19(15-7-4-10-26-15)12-5-2-1-3-6-12/h1-10,19,23H,11H2,(H,24,25)/p+1/t19-/m1/s1. The second kappa shape index (κ2) is 7.88. The number of carbonyl (C=O) groups excluding carboxylic acids is 1. The van der Waals surface area contributed by atoms with Gasteiger partial charge < -0.3 is 15.1 Å². The maximum Gasteiger partial charge on any atom is 0.279 e. The summed E-state index contributed by atoms with van der Waals surface area (Å²) in [6, 6.07) is 14.4. The molecule has 0 aliphatic rings. The van der Waals surface area contributed by atoms with E-state index in [4.69, 9.17) is 4.42 Å². The van der Waals surface area contributed by atoms with E-state index in [2.05, 4.69) is 5.32 Å². The molecule has 3 aromatic rings. The maximum absolute atomic E-state index is 13.7. The largest absolute Gasteiger partial charge is 0.463 e. The molecule has 3 N–H and O–H groups in total. The van der Waals surface area contributed by atoms with Crippen molar-refractivity contribution in [1.82, 2.24) is 0 Å². The molecule has 0 bridgehead atoms. The third-order valence-electron chi connectivity index (χ3n) is 3.86. The van der Waals surface area contributed by atoms with E-state index < -0.39 is 29.0 Å². The van der Waals surface area contributed by atoms with Crippen molar-refractivity contribution in [2.24, 2.45) is 0 Å². The first-order chi connectivity index (χ1) is 12.6. The predicted octanol–water partition coefficient (Wildman–Crippen LogP) is 2.99. The lowest BCUT2D eigenvalue weighted by Gasteiger charge is -2.14. The van der Waals surface area contributed by atoms with Crippen molar-refractivity contribution in [2.75, 3.05) is 11.9 Å². The van der Waals surface area contributed by atoms with Gasteiger partial charge in [-0.3, -0.25) is 4.79 Å². The molecule has 0 aliphatic heterocycles. The Labute approximate surface area is 147 Å². The van der Waals surface area contributed by atoms with Crippen LogP contribution in [0.15, 0.2) is 65.3 Å². The molecule has 0 spiro atoms. The maximum atomic E-state index is 13.7. The summed E-state index contributed by atoms with van der Waals surface area (Å²) in [5.41, 5.74) is 0.519. The van der Waals surface area contributed by atoms with Gasteiger partial charge in [-0.05, 0) is 24.3 Å². The van der Waals surface area contributed by atoms with Gasteiger partial charge in [-0.15, -0.1) is 0 Å². The van der Waals surface area contributed by atoms with Gasteiger partial charge in [0.2, 0.25) is 0 Å². The molecule has 1 amide bonds. The third-order valence-corrected chi connectivity index (χ3v) is 3.86. The number of furan rings is 1. The molecule has 1 atom stereocenters. The number of quaternary nitrogens is 1. The molecule has 0 fully saturated rings. The topological polar surface area (TPSA) is 58.9 Å². The minimum Gasteiger partial charge on any atom is -0.463 e. The van der Waals surface area contributed by atoms with Crippen molar-refractivity contribution < 1.29 is 27.7 Å². The van der Waals surface area contributed by atoms with Crippen LogP contribution in [0.5, 0.6) is 0 Å². The molecule has 134 valence electrons. The van der Waals surface area contributed by atoms with E-state index in [-0.39, 0.29) is 12.6 Å². The zero-order chi connectivity index (χ0) is 18.5. The second-order valence-electron chi connectivity index (χ2n) is 5.61. The van der Waals surface area contributed by atoms with Gasteiger partial charge in [0.05, 0.1) is 12.0 Å². The number of carbonyl (C=O) groups is 1. The fraction of sp³-hybridized carbons (Fsp3) is 0.105. The average molecular weight is 361 g/mol. The van der Waals surface area contributed by atoms with Gasteiger partial charge in [-0.25, -0.2) is 13.2 Å². The highest BCUT2D eigenvalue weighted by atomic mass is 19.2. The highest BCUT2D eigenvalue weighted by Crippen LogP contribution is 2.20. The van der Waals surface area contributed by atoms with Gasteiger partial charge in [-0.2, -0.15) is 0 Å². The van der Waals surface area contributed by atoms with Crippen LogP contribution in [0.1, 0.15) is 17.4 Å². The molecule has 0 aliphatic carbocycles. The average Bonchev–Trinajstić information content (AvgIpc) is 3.18. The first kappa shape index (κ1) is 17.8. The summed E-state index contributed by atoms with van der Waals surface area (Å²) >= 11 is 0. The van der Waals surface area contributed by atoms with Crippen LogP contribution < -0.4 is 10.6 Å². The number of rotatable bonds is 6. The van der Waals surface area contributed by atoms with Crippen molar-refractivity contribution in [1.29, 1.82) is 0 Å². The van der Waals surface area contributed by atoms with Gasteiger partial charge in [0.25, 0.3) is 5.91 Å². The first-order valence-corrected chi connectivity index (χ1v) is 7.91. The van der Waals surface area contributed by atoms with E-state index in [1.165, 1.54) is 6.26 Å². The fourth-order valence-electron chi connectivity index (χ4n) is 2.59. The van der Waals surface area contributed by atoms with E-state index in [9.17, 15) is 18.0 Å². The van der Waals surface area contributed by atoms with Crippen molar-refractivity contribution in [2.45, 2.75) is 6.04 Å². The number of halogens is 3. The highest BCUT2D eigenvalue weighted by molar-refractivity contribution is 5.91. The van der Waals surface area contributed by atoms with Gasteiger partial charge >= 0.3 is 0 Å². The van der Waals surface area contributed by atoms with E-state index in [0.29, 0.717) is 5.76 Å². The summed E-state index contributed by atoms with van der Waals surface area (Å²) in [7, 11) is 0. The number of hydrogen-bond donors (Lipinski definition) is 2. The van der Waals surface area contributed by atoms with Gasteiger partial charge in [0, 0.05) is 5.56 Å². The lowest BCUT2D eigenvalue weighted by Crippen LogP contribution is -2.87. The Balaban J connectivity index is 1.70. The molecule has 0 radical (unpaired) electrons. The minimum atomic E-state index is -1.62. The van der Waals surface area contributed by atoms with Gasteiger partial charge in [0.15, 0.2) is 35.8 Å². The number of benzene rings is 2. The zero-order valence-electron chi connectivity index (χ0n) is 13.6. The molecule has 0 saturated heterocycles. The molecular weight excluding hydrogens is 345 g/mol. The summed E-state index contributed by atoms with van der Waals surface area (Å²) in [6.45, 7) is -0.0707. The van der Waals surface area contributed by atoms with Crippen LogP contribution in [0.2, 0.25) is 0 Å². The van der Waals surface area contributed by atoms with Crippen molar-refractivity contribution >= 4 is 11.6 Å². The van der Waals surface area contributed by atoms with Gasteiger partial charge in [0.1, 0.15) is 0 Å². The Morgan fingerprint density at radius 2 is 1.77 bits per heavy atom. The second-order valence-corrected chi connectivity index (χ2v) is 5.61. The lowest BCUT2D eigenvalue weighted by atomic mass is 10.0. The van der Waals surface area contributed by atoms with Gasteiger partial charge in [-0.1, -0.05) is 30.3 Å². The van der Waals surface area contributed by atoms with Crippen LogP contribution >= 0.6 is 0 Å². The van der Waals surface area contributed by atoms with E-state index in [1.54, 1.807) is 17.4 Å². The molecule has 1 aromatic heterocycles. The normalized spacial score (nSPS) is 12.0. The minimum absolute atomic E-state index is 0.0707. The molecular formula is C19H16F3N2O2+. The molecule has 0 unspecified atom stereocenters. The Bertz CT molecular complexity index is 883. The Morgan fingerprint density at radius 1 is 1.00 bits per heavy atom.